The highest BCUT2D eigenvalue weighted by Crippen LogP contribution is 2.15. The molecule has 0 saturated heterocycles. The van der Waals surface area contributed by atoms with Gasteiger partial charge in [-0.15, -0.1) is 0 Å². The summed E-state index contributed by atoms with van der Waals surface area (Å²) < 4.78 is 13.3. The first-order valence-electron chi connectivity index (χ1n) is 19.1. The molecular formula is C42H59FO17. The molecule has 12 atom stereocenters. The van der Waals surface area contributed by atoms with Crippen LogP contribution in [0.25, 0.3) is 0 Å². The van der Waals surface area contributed by atoms with Gasteiger partial charge in [-0.2, -0.15) is 0 Å². The summed E-state index contributed by atoms with van der Waals surface area (Å²) in [6.45, 7) is 2.29. The molecule has 0 aliphatic carbocycles. The Kier molecular flexibility index (Phi) is 25.0. The van der Waals surface area contributed by atoms with E-state index in [2.05, 4.69) is 0 Å². The lowest BCUT2D eigenvalue weighted by Gasteiger charge is -2.25. The number of hydrogen-bond acceptors (Lipinski definition) is 17. The quantitative estimate of drug-likeness (QED) is 0.0484. The van der Waals surface area contributed by atoms with E-state index in [1.807, 2.05) is 0 Å². The number of aliphatic hydroxyl groups is 14. The standard InChI is InChI=1S/C15H22O6.C14H20O5.C13H17FO6/c1-2-11(17)13(19)15(21)14(20)12(18)7-9-3-5-10(8-16)6-4-9;1-2-10(15)12(17)14(19)13(18)11(16)8-9-6-4-3-5-7-9;14-8-4-2-1-3-7(8)5-9(16)11(18)13(20)12(19)10(17)6-15/h3-6,11,13-17,19-21H,2,7-8H2,1H3;3-7,10,12-15,17-19H,2,8H2,1H3;1-4,10-13,15,17-20H,5-6H2/t11-,13-,14+,15+;10-,12-,13+,14+;10-,11+,12-,13-/m111/s1. The van der Waals surface area contributed by atoms with Crippen LogP contribution in [0.5, 0.6) is 0 Å². The fourth-order valence-electron chi connectivity index (χ4n) is 5.31. The van der Waals surface area contributed by atoms with Gasteiger partial charge in [-0.25, -0.2) is 4.39 Å². The van der Waals surface area contributed by atoms with Gasteiger partial charge in [-0.1, -0.05) is 86.6 Å². The van der Waals surface area contributed by atoms with Crippen LogP contribution in [0, 0.1) is 5.82 Å². The molecule has 0 aromatic heterocycles. The average molecular weight is 855 g/mol. The largest absolute Gasteiger partial charge is 0.394 e. The highest BCUT2D eigenvalue weighted by molar-refractivity contribution is 5.86. The Bertz CT molecular complexity index is 1680. The van der Waals surface area contributed by atoms with Crippen LogP contribution < -0.4 is 0 Å². The van der Waals surface area contributed by atoms with Crippen LogP contribution in [0.2, 0.25) is 0 Å². The monoisotopic (exact) mass is 854 g/mol. The van der Waals surface area contributed by atoms with Crippen LogP contribution in [-0.2, 0) is 40.3 Å². The Morgan fingerprint density at radius 1 is 0.450 bits per heavy atom. The lowest BCUT2D eigenvalue weighted by molar-refractivity contribution is -0.146. The summed E-state index contributed by atoms with van der Waals surface area (Å²) in [6.07, 6.45) is -20.1. The van der Waals surface area contributed by atoms with Crippen LogP contribution in [0.4, 0.5) is 4.39 Å². The van der Waals surface area contributed by atoms with E-state index in [-0.39, 0.29) is 37.9 Å². The van der Waals surface area contributed by atoms with Gasteiger partial charge in [-0.3, -0.25) is 14.4 Å². The Morgan fingerprint density at radius 2 is 0.800 bits per heavy atom. The topological polar surface area (TPSA) is 334 Å². The second-order valence-electron chi connectivity index (χ2n) is 14.0. The van der Waals surface area contributed by atoms with Crippen molar-refractivity contribution in [1.29, 1.82) is 0 Å². The summed E-state index contributed by atoms with van der Waals surface area (Å²) in [5.74, 6) is -2.78. The van der Waals surface area contributed by atoms with E-state index in [0.717, 1.165) is 6.07 Å². The summed E-state index contributed by atoms with van der Waals surface area (Å²) in [7, 11) is 0. The molecule has 3 aromatic rings. The lowest BCUT2D eigenvalue weighted by atomic mass is 9.95. The van der Waals surface area contributed by atoms with E-state index in [4.69, 9.17) is 15.3 Å². The van der Waals surface area contributed by atoms with E-state index >= 15 is 0 Å². The number of rotatable bonds is 22. The molecule has 0 radical (unpaired) electrons. The summed E-state index contributed by atoms with van der Waals surface area (Å²) >= 11 is 0. The van der Waals surface area contributed by atoms with E-state index in [1.165, 1.54) is 18.2 Å². The minimum Gasteiger partial charge on any atom is -0.394 e. The molecule has 0 bridgehead atoms. The lowest BCUT2D eigenvalue weighted by Crippen LogP contribution is -2.49. The van der Waals surface area contributed by atoms with E-state index < -0.39 is 109 Å². The van der Waals surface area contributed by atoms with Gasteiger partial charge < -0.3 is 71.5 Å². The predicted octanol–water partition coefficient (Wildman–Crippen LogP) is -2.83. The number of halogens is 1. The zero-order valence-electron chi connectivity index (χ0n) is 33.2. The van der Waals surface area contributed by atoms with E-state index in [1.54, 1.807) is 68.4 Å². The third-order valence-electron chi connectivity index (χ3n) is 9.34. The van der Waals surface area contributed by atoms with Gasteiger partial charge in [0.05, 0.1) is 25.4 Å². The molecule has 0 spiro atoms. The van der Waals surface area contributed by atoms with Crippen LogP contribution >= 0.6 is 0 Å². The third-order valence-corrected chi connectivity index (χ3v) is 9.34. The molecule has 0 amide bonds. The van der Waals surface area contributed by atoms with Crippen molar-refractivity contribution in [3.05, 3.63) is 107 Å². The van der Waals surface area contributed by atoms with Crippen molar-refractivity contribution in [2.24, 2.45) is 0 Å². The molecule has 0 fully saturated rings. The van der Waals surface area contributed by atoms with Crippen LogP contribution in [0.1, 0.15) is 48.9 Å². The molecule has 0 aliphatic rings. The maximum atomic E-state index is 13.3. The number of hydrogen-bond donors (Lipinski definition) is 14. The van der Waals surface area contributed by atoms with Gasteiger partial charge in [0.2, 0.25) is 0 Å². The fourth-order valence-corrected chi connectivity index (χ4v) is 5.31. The maximum absolute atomic E-state index is 13.3. The number of carbonyl (C=O) groups excluding carboxylic acids is 3. The number of Topliss-reactive ketones (excluding diaryl/α,β-unsaturated/α-hetero) is 3. The van der Waals surface area contributed by atoms with Crippen LogP contribution in [-0.4, -0.2) is 169 Å². The smallest absolute Gasteiger partial charge is 0.168 e. The van der Waals surface area contributed by atoms with Gasteiger partial charge >= 0.3 is 0 Å². The molecule has 17 nitrogen and oxygen atoms in total. The van der Waals surface area contributed by atoms with Crippen molar-refractivity contribution in [3.63, 3.8) is 0 Å². The van der Waals surface area contributed by atoms with Gasteiger partial charge in [0.1, 0.15) is 66.9 Å². The first-order chi connectivity index (χ1) is 28.2. The summed E-state index contributed by atoms with van der Waals surface area (Å²) in [5, 5.41) is 132. The second-order valence-corrected chi connectivity index (χ2v) is 14.0. The van der Waals surface area contributed by atoms with Crippen molar-refractivity contribution in [2.45, 2.75) is 126 Å². The number of benzene rings is 3. The van der Waals surface area contributed by atoms with Gasteiger partial charge in [0, 0.05) is 19.3 Å². The SMILES string of the molecule is CC[C@@H](O)[C@@H](O)[C@H](O)[C@@H](O)C(=O)Cc1ccc(CO)cc1.CC[C@@H](O)[C@@H](O)[C@H](O)[C@@H](O)C(=O)Cc1ccccc1.O=C(Cc1ccccc1F)[C@H](O)[C@@H](O)[C@H](O)[C@H](O)CO. The average Bonchev–Trinajstić information content (AvgIpc) is 3.27. The summed E-state index contributed by atoms with van der Waals surface area (Å²) in [5.41, 5.74) is 2.08. The van der Waals surface area contributed by atoms with Gasteiger partial charge in [0.25, 0.3) is 0 Å². The minimum absolute atomic E-state index is 0.0337. The highest BCUT2D eigenvalue weighted by atomic mass is 19.1. The van der Waals surface area contributed by atoms with E-state index in [9.17, 15) is 74.9 Å². The molecule has 0 saturated carbocycles. The Morgan fingerprint density at radius 3 is 1.18 bits per heavy atom. The zero-order chi connectivity index (χ0) is 45.7. The zero-order valence-corrected chi connectivity index (χ0v) is 33.2. The van der Waals surface area contributed by atoms with Crippen molar-refractivity contribution in [3.8, 4) is 0 Å². The predicted molar refractivity (Wildman–Crippen MR) is 211 cm³/mol. The molecule has 0 heterocycles. The molecule has 60 heavy (non-hydrogen) atoms. The molecule has 336 valence electrons. The van der Waals surface area contributed by atoms with Crippen molar-refractivity contribution >= 4 is 17.3 Å². The molecule has 3 rings (SSSR count). The molecule has 14 N–H and O–H groups in total. The first kappa shape index (κ1) is 54.1. The van der Waals surface area contributed by atoms with E-state index in [0.29, 0.717) is 16.7 Å². The molecular weight excluding hydrogens is 795 g/mol. The van der Waals surface area contributed by atoms with Crippen LogP contribution in [0.15, 0.2) is 78.9 Å². The number of ketones is 3. The van der Waals surface area contributed by atoms with Crippen molar-refractivity contribution in [1.82, 2.24) is 0 Å². The number of carbonyl (C=O) groups is 3. The Hall–Kier alpha value is -3.96. The first-order valence-corrected chi connectivity index (χ1v) is 19.1. The Balaban J connectivity index is 0.000000451. The van der Waals surface area contributed by atoms with Gasteiger partial charge in [0.15, 0.2) is 17.3 Å². The summed E-state index contributed by atoms with van der Waals surface area (Å²) in [4.78, 5) is 35.3. The minimum atomic E-state index is -1.99. The van der Waals surface area contributed by atoms with Gasteiger partial charge in [-0.05, 0) is 41.2 Å². The molecule has 3 aromatic carbocycles. The summed E-state index contributed by atoms with van der Waals surface area (Å²) in [6, 6.07) is 20.8. The molecule has 18 heteroatoms. The maximum Gasteiger partial charge on any atom is 0.168 e. The van der Waals surface area contributed by atoms with Crippen molar-refractivity contribution < 1.29 is 90.3 Å². The number of aliphatic hydroxyl groups excluding tert-OH is 14. The fraction of sp³-hybridized carbons (Fsp3) is 0.500. The normalized spacial score (nSPS) is 17.3. The van der Waals surface area contributed by atoms with Crippen molar-refractivity contribution in [2.75, 3.05) is 6.61 Å². The molecule has 0 aliphatic heterocycles. The highest BCUT2D eigenvalue weighted by Gasteiger charge is 2.36. The Labute approximate surface area is 346 Å². The molecule has 0 unspecified atom stereocenters. The second kappa shape index (κ2) is 27.8. The van der Waals surface area contributed by atoms with Crippen LogP contribution in [0.3, 0.4) is 0 Å². The third kappa shape index (κ3) is 17.6.